The molecule has 0 heterocycles. The van der Waals surface area contributed by atoms with Crippen LogP contribution in [0, 0.1) is 11.3 Å². The summed E-state index contributed by atoms with van der Waals surface area (Å²) < 4.78 is 0. The summed E-state index contributed by atoms with van der Waals surface area (Å²) in [5, 5.41) is 11.5. The average molecular weight is 215 g/mol. The summed E-state index contributed by atoms with van der Waals surface area (Å²) in [7, 11) is 1.72. The minimum Gasteiger partial charge on any atom is -0.409 e. The molecule has 0 aliphatic rings. The first-order valence-electron chi connectivity index (χ1n) is 4.97. The quantitative estimate of drug-likeness (QED) is 0.316. The lowest BCUT2D eigenvalue weighted by Crippen LogP contribution is -2.47. The molecule has 0 saturated heterocycles. The number of nitrogens with two attached hydrogens (primary N) is 1. The monoisotopic (exact) mass is 215 g/mol. The number of hydrogen-bond acceptors (Lipinski definition) is 3. The molecule has 0 fully saturated rings. The van der Waals surface area contributed by atoms with E-state index in [1.807, 2.05) is 13.8 Å². The van der Waals surface area contributed by atoms with E-state index in [0.29, 0.717) is 12.5 Å². The largest absolute Gasteiger partial charge is 0.409 e. The number of carbonyl (C=O) groups excluding carboxylic acids is 1. The van der Waals surface area contributed by atoms with E-state index in [0.717, 1.165) is 0 Å². The van der Waals surface area contributed by atoms with Crippen LogP contribution in [-0.4, -0.2) is 35.4 Å². The van der Waals surface area contributed by atoms with Gasteiger partial charge in [0.15, 0.2) is 5.84 Å². The summed E-state index contributed by atoms with van der Waals surface area (Å²) in [4.78, 5) is 13.6. The van der Waals surface area contributed by atoms with Gasteiger partial charge in [-0.3, -0.25) is 4.79 Å². The molecule has 88 valence electrons. The molecule has 0 spiro atoms. The Balaban J connectivity index is 4.70. The lowest BCUT2D eigenvalue weighted by molar-refractivity contribution is -0.136. The third kappa shape index (κ3) is 3.42. The van der Waals surface area contributed by atoms with E-state index in [1.54, 1.807) is 25.8 Å². The van der Waals surface area contributed by atoms with Gasteiger partial charge in [-0.1, -0.05) is 19.0 Å². The molecule has 0 rings (SSSR count). The van der Waals surface area contributed by atoms with Gasteiger partial charge in [0.25, 0.3) is 0 Å². The van der Waals surface area contributed by atoms with E-state index in [-0.39, 0.29) is 11.7 Å². The van der Waals surface area contributed by atoms with Crippen LogP contribution in [0.15, 0.2) is 5.16 Å². The Hall–Kier alpha value is -1.26. The van der Waals surface area contributed by atoms with E-state index in [9.17, 15) is 4.79 Å². The van der Waals surface area contributed by atoms with E-state index < -0.39 is 5.41 Å². The van der Waals surface area contributed by atoms with E-state index >= 15 is 0 Å². The molecule has 0 unspecified atom stereocenters. The Morgan fingerprint density at radius 3 is 2.33 bits per heavy atom. The molecule has 0 radical (unpaired) electrons. The highest BCUT2D eigenvalue weighted by atomic mass is 16.4. The lowest BCUT2D eigenvalue weighted by Gasteiger charge is -2.29. The Labute approximate surface area is 90.9 Å². The lowest BCUT2D eigenvalue weighted by atomic mass is 9.90. The third-order valence-electron chi connectivity index (χ3n) is 2.27. The second-order valence-corrected chi connectivity index (χ2v) is 4.69. The zero-order chi connectivity index (χ0) is 12.2. The highest BCUT2D eigenvalue weighted by Crippen LogP contribution is 2.19. The normalized spacial score (nSPS) is 13.1. The topological polar surface area (TPSA) is 78.9 Å². The minimum atomic E-state index is -0.960. The Bertz CT molecular complexity index is 259. The number of amidine groups is 1. The standard InChI is InChI=1S/C10H21N3O2/c1-7(2)6-13(5)9(14)10(3,4)8(11)12-15/h7,15H,6H2,1-5H3,(H2,11,12). The SMILES string of the molecule is CC(C)CN(C)C(=O)C(C)(C)C(N)=NO. The van der Waals surface area contributed by atoms with Crippen molar-refractivity contribution in [3.05, 3.63) is 0 Å². The average Bonchev–Trinajstić information content (AvgIpc) is 2.13. The molecule has 3 N–H and O–H groups in total. The van der Waals surface area contributed by atoms with Crippen LogP contribution < -0.4 is 5.73 Å². The predicted molar refractivity (Wildman–Crippen MR) is 59.7 cm³/mol. The summed E-state index contributed by atoms with van der Waals surface area (Å²) >= 11 is 0. The second kappa shape index (κ2) is 5.00. The van der Waals surface area contributed by atoms with Crippen LogP contribution in [0.3, 0.4) is 0 Å². The number of rotatable bonds is 4. The van der Waals surface area contributed by atoms with Crippen molar-refractivity contribution in [2.75, 3.05) is 13.6 Å². The maximum absolute atomic E-state index is 12.0. The highest BCUT2D eigenvalue weighted by molar-refractivity contribution is 6.05. The predicted octanol–water partition coefficient (Wildman–Crippen LogP) is 0.873. The van der Waals surface area contributed by atoms with Gasteiger partial charge in [0.2, 0.25) is 5.91 Å². The Kier molecular flexibility index (Phi) is 4.58. The summed E-state index contributed by atoms with van der Waals surface area (Å²) in [6, 6.07) is 0. The molecule has 0 atom stereocenters. The van der Waals surface area contributed by atoms with Crippen LogP contribution in [0.4, 0.5) is 0 Å². The first-order valence-corrected chi connectivity index (χ1v) is 4.97. The van der Waals surface area contributed by atoms with Crippen molar-refractivity contribution >= 4 is 11.7 Å². The molecular formula is C10H21N3O2. The minimum absolute atomic E-state index is 0.0666. The van der Waals surface area contributed by atoms with Crippen LogP contribution in [0.1, 0.15) is 27.7 Å². The molecule has 1 amide bonds. The smallest absolute Gasteiger partial charge is 0.235 e. The van der Waals surface area contributed by atoms with Gasteiger partial charge in [-0.05, 0) is 19.8 Å². The van der Waals surface area contributed by atoms with Crippen molar-refractivity contribution in [1.82, 2.24) is 4.90 Å². The van der Waals surface area contributed by atoms with Gasteiger partial charge < -0.3 is 15.8 Å². The summed E-state index contributed by atoms with van der Waals surface area (Å²) in [5.74, 6) is 0.177. The fourth-order valence-electron chi connectivity index (χ4n) is 1.34. The second-order valence-electron chi connectivity index (χ2n) is 4.69. The van der Waals surface area contributed by atoms with E-state index in [2.05, 4.69) is 5.16 Å². The van der Waals surface area contributed by atoms with Crippen LogP contribution >= 0.6 is 0 Å². The molecule has 0 aliphatic carbocycles. The third-order valence-corrected chi connectivity index (χ3v) is 2.27. The Morgan fingerprint density at radius 2 is 2.00 bits per heavy atom. The molecule has 0 aromatic carbocycles. The van der Waals surface area contributed by atoms with Crippen molar-refractivity contribution in [2.45, 2.75) is 27.7 Å². The fraction of sp³-hybridized carbons (Fsp3) is 0.800. The zero-order valence-electron chi connectivity index (χ0n) is 10.1. The van der Waals surface area contributed by atoms with Gasteiger partial charge in [0, 0.05) is 13.6 Å². The van der Waals surface area contributed by atoms with E-state index in [4.69, 9.17) is 10.9 Å². The van der Waals surface area contributed by atoms with Crippen LogP contribution in [0.5, 0.6) is 0 Å². The van der Waals surface area contributed by atoms with Crippen molar-refractivity contribution in [1.29, 1.82) is 0 Å². The molecule has 5 nitrogen and oxygen atoms in total. The molecule has 15 heavy (non-hydrogen) atoms. The van der Waals surface area contributed by atoms with Crippen molar-refractivity contribution in [2.24, 2.45) is 22.2 Å². The van der Waals surface area contributed by atoms with Crippen molar-refractivity contribution < 1.29 is 10.0 Å². The number of nitrogens with zero attached hydrogens (tertiary/aromatic N) is 2. The van der Waals surface area contributed by atoms with Crippen molar-refractivity contribution in [3.8, 4) is 0 Å². The molecule has 0 aromatic rings. The number of oxime groups is 1. The molecule has 0 aliphatic heterocycles. The first-order chi connectivity index (χ1) is 6.73. The van der Waals surface area contributed by atoms with Gasteiger partial charge in [0.05, 0.1) is 0 Å². The molecule has 0 aromatic heterocycles. The molecular weight excluding hydrogens is 194 g/mol. The van der Waals surface area contributed by atoms with E-state index in [1.165, 1.54) is 0 Å². The van der Waals surface area contributed by atoms with Gasteiger partial charge in [0.1, 0.15) is 5.41 Å². The summed E-state index contributed by atoms with van der Waals surface area (Å²) in [6.45, 7) is 7.99. The number of hydrogen-bond donors (Lipinski definition) is 2. The highest BCUT2D eigenvalue weighted by Gasteiger charge is 2.35. The molecule has 0 saturated carbocycles. The van der Waals surface area contributed by atoms with Gasteiger partial charge in [-0.15, -0.1) is 0 Å². The van der Waals surface area contributed by atoms with Gasteiger partial charge in [-0.25, -0.2) is 0 Å². The maximum Gasteiger partial charge on any atom is 0.235 e. The van der Waals surface area contributed by atoms with Crippen LogP contribution in [-0.2, 0) is 4.79 Å². The van der Waals surface area contributed by atoms with Gasteiger partial charge in [-0.2, -0.15) is 0 Å². The van der Waals surface area contributed by atoms with Crippen LogP contribution in [0.25, 0.3) is 0 Å². The fourth-order valence-corrected chi connectivity index (χ4v) is 1.34. The summed E-state index contributed by atoms with van der Waals surface area (Å²) in [5.41, 5.74) is 4.51. The van der Waals surface area contributed by atoms with Crippen molar-refractivity contribution in [3.63, 3.8) is 0 Å². The molecule has 0 bridgehead atoms. The van der Waals surface area contributed by atoms with Gasteiger partial charge >= 0.3 is 0 Å². The number of amides is 1. The first kappa shape index (κ1) is 13.7. The van der Waals surface area contributed by atoms with Crippen LogP contribution in [0.2, 0.25) is 0 Å². The Morgan fingerprint density at radius 1 is 1.53 bits per heavy atom. The zero-order valence-corrected chi connectivity index (χ0v) is 10.1. The molecule has 5 heteroatoms. The summed E-state index contributed by atoms with van der Waals surface area (Å²) in [6.07, 6.45) is 0. The number of carbonyl (C=O) groups is 1. The maximum atomic E-state index is 12.0.